The predicted octanol–water partition coefficient (Wildman–Crippen LogP) is 3.62. The normalized spacial score (nSPS) is 10.5. The first-order chi connectivity index (χ1) is 9.49. The summed E-state index contributed by atoms with van der Waals surface area (Å²) in [4.78, 5) is 12.1. The van der Waals surface area contributed by atoms with Crippen molar-refractivity contribution in [2.75, 3.05) is 5.73 Å². The Balaban J connectivity index is 2.15. The van der Waals surface area contributed by atoms with Crippen LogP contribution in [-0.4, -0.2) is 5.91 Å². The first kappa shape index (κ1) is 14.8. The Morgan fingerprint density at radius 1 is 1.30 bits per heavy atom. The van der Waals surface area contributed by atoms with Crippen LogP contribution in [0.25, 0.3) is 0 Å². The summed E-state index contributed by atoms with van der Waals surface area (Å²) in [6.07, 6.45) is 0. The number of thioether (sulfide) groups is 1. The third-order valence-corrected chi connectivity index (χ3v) is 4.48. The maximum Gasteiger partial charge on any atom is 0.248 e. The smallest absolute Gasteiger partial charge is 0.248 e. The van der Waals surface area contributed by atoms with E-state index in [1.807, 2.05) is 31.2 Å². The number of primary amides is 1. The summed E-state index contributed by atoms with van der Waals surface area (Å²) in [6.45, 7) is 1.98. The van der Waals surface area contributed by atoms with E-state index in [1.165, 1.54) is 0 Å². The Hall–Kier alpha value is -1.65. The van der Waals surface area contributed by atoms with Gasteiger partial charge in [0, 0.05) is 26.9 Å². The minimum atomic E-state index is -0.478. The fourth-order valence-electron chi connectivity index (χ4n) is 1.75. The van der Waals surface area contributed by atoms with Crippen LogP contribution in [-0.2, 0) is 5.75 Å². The summed E-state index contributed by atoms with van der Waals surface area (Å²) in [5.74, 6) is 0.208. The van der Waals surface area contributed by atoms with Crippen molar-refractivity contribution in [3.63, 3.8) is 0 Å². The second-order valence-electron chi connectivity index (χ2n) is 4.45. The molecule has 0 fully saturated rings. The molecule has 5 heteroatoms. The van der Waals surface area contributed by atoms with Crippen LogP contribution >= 0.6 is 23.4 Å². The van der Waals surface area contributed by atoms with Crippen molar-refractivity contribution in [3.05, 3.63) is 58.1 Å². The topological polar surface area (TPSA) is 69.1 Å². The average molecular weight is 307 g/mol. The third kappa shape index (κ3) is 3.26. The van der Waals surface area contributed by atoms with Crippen LogP contribution in [0.15, 0.2) is 41.3 Å². The molecule has 2 aromatic rings. The highest BCUT2D eigenvalue weighted by atomic mass is 35.5. The molecule has 104 valence electrons. The molecule has 0 heterocycles. The maximum atomic E-state index is 11.1. The van der Waals surface area contributed by atoms with Crippen LogP contribution in [0, 0.1) is 6.92 Å². The summed E-state index contributed by atoms with van der Waals surface area (Å²) >= 11 is 7.78. The third-order valence-electron chi connectivity index (χ3n) is 3.00. The van der Waals surface area contributed by atoms with Gasteiger partial charge >= 0.3 is 0 Å². The minimum absolute atomic E-state index is 0.416. The number of hydrogen-bond acceptors (Lipinski definition) is 3. The number of carbonyl (C=O) groups excluding carboxylic acids is 1. The lowest BCUT2D eigenvalue weighted by Gasteiger charge is -2.09. The highest BCUT2D eigenvalue weighted by Gasteiger charge is 2.08. The molecular weight excluding hydrogens is 292 g/mol. The van der Waals surface area contributed by atoms with Crippen molar-refractivity contribution in [3.8, 4) is 0 Å². The van der Waals surface area contributed by atoms with Crippen molar-refractivity contribution >= 4 is 35.0 Å². The Labute approximate surface area is 127 Å². The highest BCUT2D eigenvalue weighted by Crippen LogP contribution is 2.32. The number of rotatable bonds is 4. The number of carbonyl (C=O) groups is 1. The number of hydrogen-bond donors (Lipinski definition) is 2. The number of anilines is 1. The van der Waals surface area contributed by atoms with Crippen LogP contribution < -0.4 is 11.5 Å². The summed E-state index contributed by atoms with van der Waals surface area (Å²) in [5, 5.41) is 0.542. The van der Waals surface area contributed by atoms with Gasteiger partial charge in [-0.1, -0.05) is 29.8 Å². The van der Waals surface area contributed by atoms with E-state index in [0.29, 0.717) is 16.3 Å². The summed E-state index contributed by atoms with van der Waals surface area (Å²) in [7, 11) is 0. The predicted molar refractivity (Wildman–Crippen MR) is 85.1 cm³/mol. The summed E-state index contributed by atoms with van der Waals surface area (Å²) in [5.41, 5.74) is 14.5. The zero-order valence-electron chi connectivity index (χ0n) is 11.0. The maximum absolute atomic E-state index is 11.1. The van der Waals surface area contributed by atoms with Crippen molar-refractivity contribution in [1.29, 1.82) is 0 Å². The summed E-state index contributed by atoms with van der Waals surface area (Å²) < 4.78 is 0. The molecule has 2 rings (SSSR count). The molecule has 0 bridgehead atoms. The first-order valence-electron chi connectivity index (χ1n) is 6.05. The molecule has 0 spiro atoms. The van der Waals surface area contributed by atoms with Gasteiger partial charge in [0.2, 0.25) is 5.91 Å². The fourth-order valence-corrected chi connectivity index (χ4v) is 3.13. The van der Waals surface area contributed by atoms with Crippen molar-refractivity contribution in [2.24, 2.45) is 5.73 Å². The molecule has 4 N–H and O–H groups in total. The van der Waals surface area contributed by atoms with Crippen LogP contribution in [0.5, 0.6) is 0 Å². The molecule has 20 heavy (non-hydrogen) atoms. The lowest BCUT2D eigenvalue weighted by Crippen LogP contribution is -2.10. The number of amides is 1. The van der Waals surface area contributed by atoms with Gasteiger partial charge in [0.1, 0.15) is 0 Å². The standard InChI is InChI=1S/C15H15ClN2OS/c1-9-3-2-4-13(14(9)17)20-8-11-6-5-10(15(18)19)7-12(11)16/h2-7H,8,17H2,1H3,(H2,18,19). The highest BCUT2D eigenvalue weighted by molar-refractivity contribution is 7.98. The van der Waals surface area contributed by atoms with Gasteiger partial charge in [0.05, 0.1) is 0 Å². The molecule has 0 saturated heterocycles. The van der Waals surface area contributed by atoms with E-state index >= 15 is 0 Å². The molecule has 2 aromatic carbocycles. The summed E-state index contributed by atoms with van der Waals surface area (Å²) in [6, 6.07) is 11.0. The molecule has 0 aliphatic heterocycles. The second-order valence-corrected chi connectivity index (χ2v) is 5.87. The molecule has 0 aliphatic carbocycles. The van der Waals surface area contributed by atoms with Gasteiger partial charge in [-0.05, 0) is 36.2 Å². The Kier molecular flexibility index (Phi) is 4.57. The van der Waals surface area contributed by atoms with Gasteiger partial charge in [0.15, 0.2) is 0 Å². The average Bonchev–Trinajstić information content (AvgIpc) is 2.41. The van der Waals surface area contributed by atoms with Gasteiger partial charge in [-0.15, -0.1) is 11.8 Å². The van der Waals surface area contributed by atoms with E-state index < -0.39 is 5.91 Å². The molecule has 0 radical (unpaired) electrons. The number of halogens is 1. The monoisotopic (exact) mass is 306 g/mol. The van der Waals surface area contributed by atoms with E-state index in [2.05, 4.69) is 0 Å². The fraction of sp³-hybridized carbons (Fsp3) is 0.133. The van der Waals surface area contributed by atoms with Gasteiger partial charge in [-0.25, -0.2) is 0 Å². The number of aryl methyl sites for hydroxylation is 1. The van der Waals surface area contributed by atoms with Crippen molar-refractivity contribution < 1.29 is 4.79 Å². The molecule has 0 aliphatic rings. The molecule has 0 atom stereocenters. The van der Waals surface area contributed by atoms with Crippen molar-refractivity contribution in [1.82, 2.24) is 0 Å². The number of benzene rings is 2. The van der Waals surface area contributed by atoms with E-state index in [1.54, 1.807) is 23.9 Å². The van der Waals surface area contributed by atoms with Crippen LogP contribution in [0.1, 0.15) is 21.5 Å². The Morgan fingerprint density at radius 3 is 2.70 bits per heavy atom. The van der Waals surface area contributed by atoms with E-state index in [4.69, 9.17) is 23.1 Å². The Morgan fingerprint density at radius 2 is 2.05 bits per heavy atom. The second kappa shape index (κ2) is 6.20. The van der Waals surface area contributed by atoms with Crippen molar-refractivity contribution in [2.45, 2.75) is 17.6 Å². The van der Waals surface area contributed by atoms with E-state index in [-0.39, 0.29) is 0 Å². The lowest BCUT2D eigenvalue weighted by molar-refractivity contribution is 0.100. The first-order valence-corrected chi connectivity index (χ1v) is 7.41. The number of nitrogens with two attached hydrogens (primary N) is 2. The number of nitrogen functional groups attached to an aromatic ring is 1. The van der Waals surface area contributed by atoms with Gasteiger partial charge in [0.25, 0.3) is 0 Å². The molecule has 0 unspecified atom stereocenters. The zero-order valence-corrected chi connectivity index (χ0v) is 12.6. The SMILES string of the molecule is Cc1cccc(SCc2ccc(C(N)=O)cc2Cl)c1N. The quantitative estimate of drug-likeness (QED) is 0.669. The Bertz CT molecular complexity index is 658. The zero-order chi connectivity index (χ0) is 14.7. The molecule has 1 amide bonds. The van der Waals surface area contributed by atoms with E-state index in [9.17, 15) is 4.79 Å². The van der Waals surface area contributed by atoms with Gasteiger partial charge in [-0.2, -0.15) is 0 Å². The van der Waals surface area contributed by atoms with Gasteiger partial charge in [-0.3, -0.25) is 4.79 Å². The minimum Gasteiger partial charge on any atom is -0.398 e. The van der Waals surface area contributed by atoms with Gasteiger partial charge < -0.3 is 11.5 Å². The largest absolute Gasteiger partial charge is 0.398 e. The van der Waals surface area contributed by atoms with Crippen LogP contribution in [0.3, 0.4) is 0 Å². The van der Waals surface area contributed by atoms with Crippen LogP contribution in [0.2, 0.25) is 5.02 Å². The molecule has 0 saturated carbocycles. The number of para-hydroxylation sites is 1. The molecular formula is C15H15ClN2OS. The molecule has 0 aromatic heterocycles. The van der Waals surface area contributed by atoms with Crippen LogP contribution in [0.4, 0.5) is 5.69 Å². The lowest BCUT2D eigenvalue weighted by atomic mass is 10.1. The van der Waals surface area contributed by atoms with E-state index in [0.717, 1.165) is 21.7 Å². The molecule has 3 nitrogen and oxygen atoms in total.